The summed E-state index contributed by atoms with van der Waals surface area (Å²) in [6.07, 6.45) is 6.34. The third-order valence-electron chi connectivity index (χ3n) is 6.05. The summed E-state index contributed by atoms with van der Waals surface area (Å²) in [7, 11) is -3.45. The Kier molecular flexibility index (Phi) is 4.73. The quantitative estimate of drug-likeness (QED) is 0.482. The number of fused-ring (bicyclic) bond motifs is 2. The van der Waals surface area contributed by atoms with E-state index in [1.807, 2.05) is 25.3 Å². The normalized spacial score (nSPS) is 18.6. The minimum atomic E-state index is -3.45. The van der Waals surface area contributed by atoms with Gasteiger partial charge in [-0.15, -0.1) is 0 Å². The lowest BCUT2D eigenvalue weighted by molar-refractivity contribution is 0.102. The number of nitriles is 1. The van der Waals surface area contributed by atoms with Crippen LogP contribution in [0.1, 0.15) is 29.5 Å². The van der Waals surface area contributed by atoms with Gasteiger partial charge in [0.25, 0.3) is 0 Å². The lowest BCUT2D eigenvalue weighted by Gasteiger charge is -2.32. The number of aromatic nitrogens is 3. The molecule has 0 bridgehead atoms. The second-order valence-electron chi connectivity index (χ2n) is 8.50. The number of sulfone groups is 1. The van der Waals surface area contributed by atoms with E-state index in [9.17, 15) is 13.7 Å². The molecule has 0 aliphatic heterocycles. The van der Waals surface area contributed by atoms with Gasteiger partial charge in [-0.3, -0.25) is 4.68 Å². The van der Waals surface area contributed by atoms with Gasteiger partial charge in [0.05, 0.1) is 17.0 Å². The van der Waals surface area contributed by atoms with Crippen molar-refractivity contribution in [2.24, 2.45) is 5.73 Å². The van der Waals surface area contributed by atoms with E-state index < -0.39 is 9.84 Å². The van der Waals surface area contributed by atoms with Crippen LogP contribution in [-0.4, -0.2) is 41.6 Å². The van der Waals surface area contributed by atoms with Gasteiger partial charge < -0.3 is 15.5 Å². The SMILES string of the molecule is Cc1cc(S(C)(=O)=O)c(Cn2cc3ccc(C#N)c(OC4CC(N)C4)c3n2)c2cc[nH]c12. The topological polar surface area (TPSA) is 127 Å². The van der Waals surface area contributed by atoms with Crippen LogP contribution in [0.5, 0.6) is 5.75 Å². The van der Waals surface area contributed by atoms with E-state index in [0.717, 1.165) is 34.7 Å². The molecule has 4 aromatic rings. The summed E-state index contributed by atoms with van der Waals surface area (Å²) in [5.41, 5.74) is 9.33. The lowest BCUT2D eigenvalue weighted by atomic mass is 9.90. The van der Waals surface area contributed by atoms with Crippen molar-refractivity contribution in [1.29, 1.82) is 5.26 Å². The highest BCUT2D eigenvalue weighted by atomic mass is 32.2. The van der Waals surface area contributed by atoms with E-state index >= 15 is 0 Å². The maximum Gasteiger partial charge on any atom is 0.175 e. The number of H-pyrrole nitrogens is 1. The number of ether oxygens (including phenoxy) is 1. The Morgan fingerprint density at radius 3 is 2.81 bits per heavy atom. The van der Waals surface area contributed by atoms with Gasteiger partial charge in [0, 0.05) is 46.5 Å². The molecule has 0 spiro atoms. The highest BCUT2D eigenvalue weighted by molar-refractivity contribution is 7.90. The minimum Gasteiger partial charge on any atom is -0.487 e. The van der Waals surface area contributed by atoms with E-state index in [1.165, 1.54) is 6.26 Å². The largest absolute Gasteiger partial charge is 0.487 e. The summed E-state index contributed by atoms with van der Waals surface area (Å²) in [5.74, 6) is 0.458. The van der Waals surface area contributed by atoms with E-state index in [4.69, 9.17) is 10.5 Å². The molecule has 0 amide bonds. The van der Waals surface area contributed by atoms with Crippen molar-refractivity contribution in [3.05, 3.63) is 53.3 Å². The Bertz CT molecular complexity index is 1500. The standard InChI is InChI=1S/C23H23N5O3S/c1-13-7-20(32(2,29)30)19(18-5-6-26-21(13)18)12-28-11-15-4-3-14(10-24)23(22(15)27-28)31-17-8-16(25)9-17/h3-7,11,16-17,26H,8-9,12,25H2,1-2H3. The van der Waals surface area contributed by atoms with Crippen LogP contribution in [0.15, 0.2) is 41.6 Å². The molecule has 9 heteroatoms. The first-order chi connectivity index (χ1) is 15.2. The van der Waals surface area contributed by atoms with Crippen LogP contribution in [0.2, 0.25) is 0 Å². The lowest BCUT2D eigenvalue weighted by Crippen LogP contribution is -2.43. The second-order valence-corrected chi connectivity index (χ2v) is 10.5. The molecule has 0 saturated heterocycles. The number of hydrogen-bond donors (Lipinski definition) is 2. The monoisotopic (exact) mass is 449 g/mol. The van der Waals surface area contributed by atoms with Crippen molar-refractivity contribution < 1.29 is 13.2 Å². The molecule has 0 radical (unpaired) electrons. The van der Waals surface area contributed by atoms with Crippen molar-refractivity contribution in [1.82, 2.24) is 14.8 Å². The zero-order valence-electron chi connectivity index (χ0n) is 17.8. The summed E-state index contributed by atoms with van der Waals surface area (Å²) >= 11 is 0. The Morgan fingerprint density at radius 1 is 1.34 bits per heavy atom. The van der Waals surface area contributed by atoms with Gasteiger partial charge in [0.2, 0.25) is 0 Å². The fourth-order valence-electron chi connectivity index (χ4n) is 4.36. The molecule has 8 nitrogen and oxygen atoms in total. The van der Waals surface area contributed by atoms with Crippen molar-refractivity contribution >= 4 is 31.6 Å². The molecule has 1 aliphatic rings. The van der Waals surface area contributed by atoms with Crippen LogP contribution in [0.4, 0.5) is 0 Å². The molecule has 3 N–H and O–H groups in total. The highest BCUT2D eigenvalue weighted by Crippen LogP contribution is 2.34. The molecule has 164 valence electrons. The number of nitrogens with two attached hydrogens (primary N) is 1. The molecular weight excluding hydrogens is 426 g/mol. The van der Waals surface area contributed by atoms with Gasteiger partial charge in [-0.2, -0.15) is 10.4 Å². The van der Waals surface area contributed by atoms with Gasteiger partial charge >= 0.3 is 0 Å². The van der Waals surface area contributed by atoms with Gasteiger partial charge in [-0.1, -0.05) is 0 Å². The smallest absolute Gasteiger partial charge is 0.175 e. The van der Waals surface area contributed by atoms with Crippen LogP contribution in [0, 0.1) is 18.3 Å². The molecule has 32 heavy (non-hydrogen) atoms. The molecule has 2 aromatic heterocycles. The van der Waals surface area contributed by atoms with Crippen LogP contribution in [0.25, 0.3) is 21.8 Å². The molecule has 1 aliphatic carbocycles. The molecular formula is C23H23N5O3S. The minimum absolute atomic E-state index is 0.0266. The fraction of sp³-hybridized carbons (Fsp3) is 0.304. The number of nitrogens with one attached hydrogen (secondary N) is 1. The van der Waals surface area contributed by atoms with E-state index in [2.05, 4.69) is 16.2 Å². The van der Waals surface area contributed by atoms with Crippen LogP contribution >= 0.6 is 0 Å². The fourth-order valence-corrected chi connectivity index (χ4v) is 5.37. The Balaban J connectivity index is 1.61. The molecule has 0 atom stereocenters. The van der Waals surface area contributed by atoms with Crippen LogP contribution in [-0.2, 0) is 16.4 Å². The maximum atomic E-state index is 12.6. The van der Waals surface area contributed by atoms with Gasteiger partial charge in [0.1, 0.15) is 17.7 Å². The highest BCUT2D eigenvalue weighted by Gasteiger charge is 2.29. The molecule has 1 fully saturated rings. The van der Waals surface area contributed by atoms with E-state index in [-0.39, 0.29) is 18.7 Å². The van der Waals surface area contributed by atoms with Crippen molar-refractivity contribution in [2.45, 2.75) is 43.4 Å². The number of rotatable bonds is 5. The summed E-state index contributed by atoms with van der Waals surface area (Å²) < 4.78 is 32.9. The number of benzene rings is 2. The Hall–Kier alpha value is -3.35. The first kappa shape index (κ1) is 20.5. The van der Waals surface area contributed by atoms with Crippen molar-refractivity contribution in [2.75, 3.05) is 6.26 Å². The number of hydrogen-bond acceptors (Lipinski definition) is 6. The maximum absolute atomic E-state index is 12.6. The molecule has 2 heterocycles. The summed E-state index contributed by atoms with van der Waals surface area (Å²) in [6.45, 7) is 2.15. The number of aromatic amines is 1. The van der Waals surface area contributed by atoms with Crippen molar-refractivity contribution in [3.8, 4) is 11.8 Å². The van der Waals surface area contributed by atoms with Gasteiger partial charge in [-0.05, 0) is 49.6 Å². The first-order valence-electron chi connectivity index (χ1n) is 10.4. The molecule has 5 rings (SSSR count). The number of aryl methyl sites for hydroxylation is 1. The van der Waals surface area contributed by atoms with Crippen LogP contribution in [0.3, 0.4) is 0 Å². The Morgan fingerprint density at radius 2 is 2.12 bits per heavy atom. The van der Waals surface area contributed by atoms with Crippen molar-refractivity contribution in [3.63, 3.8) is 0 Å². The average molecular weight is 450 g/mol. The number of nitrogens with zero attached hydrogens (tertiary/aromatic N) is 3. The predicted octanol–water partition coefficient (Wildman–Crippen LogP) is 3.02. The van der Waals surface area contributed by atoms with Crippen LogP contribution < -0.4 is 10.5 Å². The first-order valence-corrected chi connectivity index (χ1v) is 12.3. The predicted molar refractivity (Wildman–Crippen MR) is 121 cm³/mol. The molecule has 0 unspecified atom stereocenters. The van der Waals surface area contributed by atoms with Gasteiger partial charge in [0.15, 0.2) is 15.6 Å². The summed E-state index contributed by atoms with van der Waals surface area (Å²) in [5, 5.41) is 15.9. The second kappa shape index (κ2) is 7.36. The van der Waals surface area contributed by atoms with Gasteiger partial charge in [-0.25, -0.2) is 8.42 Å². The zero-order chi connectivity index (χ0) is 22.6. The molecule has 2 aromatic carbocycles. The summed E-state index contributed by atoms with van der Waals surface area (Å²) in [4.78, 5) is 3.48. The van der Waals surface area contributed by atoms with E-state index in [1.54, 1.807) is 23.0 Å². The third-order valence-corrected chi connectivity index (χ3v) is 7.21. The average Bonchev–Trinajstić information content (AvgIpc) is 3.35. The zero-order valence-corrected chi connectivity index (χ0v) is 18.6. The Labute approximate surface area is 185 Å². The molecule has 1 saturated carbocycles. The third kappa shape index (κ3) is 3.42. The van der Waals surface area contributed by atoms with E-state index in [0.29, 0.717) is 27.3 Å². The summed E-state index contributed by atoms with van der Waals surface area (Å²) in [6, 6.07) is 9.45.